The van der Waals surface area contributed by atoms with E-state index in [1.165, 1.54) is 36.5 Å². The molecule has 0 radical (unpaired) electrons. The Morgan fingerprint density at radius 2 is 1.53 bits per heavy atom. The van der Waals surface area contributed by atoms with E-state index in [2.05, 4.69) is 15.8 Å². The molecule has 0 heterocycles. The summed E-state index contributed by atoms with van der Waals surface area (Å²) in [7, 11) is 3.83. The number of nitrogens with zero attached hydrogens (tertiary/aromatic N) is 3. The van der Waals surface area contributed by atoms with Crippen molar-refractivity contribution >= 4 is 41.4 Å². The summed E-state index contributed by atoms with van der Waals surface area (Å²) in [5.41, 5.74) is 4.95. The number of esters is 1. The summed E-state index contributed by atoms with van der Waals surface area (Å²) in [5.74, 6) is -1.60. The number of ether oxygens (including phenoxy) is 1. The van der Waals surface area contributed by atoms with Crippen molar-refractivity contribution in [1.29, 1.82) is 0 Å². The van der Waals surface area contributed by atoms with Crippen molar-refractivity contribution in [2.75, 3.05) is 19.0 Å². The number of amides is 2. The predicted octanol–water partition coefficient (Wildman–Crippen LogP) is 4.80. The van der Waals surface area contributed by atoms with Crippen LogP contribution in [0.3, 0.4) is 0 Å². The van der Waals surface area contributed by atoms with Crippen LogP contribution in [0.15, 0.2) is 114 Å². The molecule has 0 saturated heterocycles. The summed E-state index contributed by atoms with van der Waals surface area (Å²) >= 11 is 0. The number of nitro groups is 1. The molecule has 4 aromatic carbocycles. The molecule has 0 unspecified atom stereocenters. The van der Waals surface area contributed by atoms with Gasteiger partial charge in [0.2, 0.25) is 0 Å². The highest BCUT2D eigenvalue weighted by Crippen LogP contribution is 2.17. The number of hydrazone groups is 1. The second-order valence-electron chi connectivity index (χ2n) is 9.33. The highest BCUT2D eigenvalue weighted by atomic mass is 16.6. The van der Waals surface area contributed by atoms with Gasteiger partial charge in [-0.25, -0.2) is 10.2 Å². The Bertz CT molecular complexity index is 1680. The first-order valence-electron chi connectivity index (χ1n) is 13.0. The number of benzene rings is 4. The van der Waals surface area contributed by atoms with E-state index in [4.69, 9.17) is 4.74 Å². The molecule has 0 aliphatic heterocycles. The molecule has 0 aromatic heterocycles. The minimum atomic E-state index is -0.695. The summed E-state index contributed by atoms with van der Waals surface area (Å²) < 4.78 is 5.36. The molecule has 0 saturated carbocycles. The number of anilines is 1. The van der Waals surface area contributed by atoms with E-state index in [1.807, 2.05) is 43.3 Å². The van der Waals surface area contributed by atoms with Crippen molar-refractivity contribution in [1.82, 2.24) is 10.7 Å². The smallest absolute Gasteiger partial charge is 0.343 e. The first kappa shape index (κ1) is 29.9. The van der Waals surface area contributed by atoms with Gasteiger partial charge in [0.15, 0.2) is 0 Å². The first-order chi connectivity index (χ1) is 20.7. The van der Waals surface area contributed by atoms with Gasteiger partial charge in [-0.15, -0.1) is 0 Å². The van der Waals surface area contributed by atoms with Crippen molar-refractivity contribution in [3.63, 3.8) is 0 Å². The molecular weight excluding hydrogens is 550 g/mol. The maximum atomic E-state index is 13.1. The van der Waals surface area contributed by atoms with Crippen LogP contribution < -0.4 is 20.4 Å². The number of hydrogen-bond acceptors (Lipinski definition) is 8. The standard InChI is InChI=1S/C32H27N5O6/c1-36(2)26-15-11-22(12-16-26)20-29(34-30(38)24-8-4-3-5-9-24)31(39)35-33-21-23-7-6-10-28(19-23)43-32(40)25-13-17-27(18-14-25)37(41)42/h3-21H,1-2H3,(H,34,38)(H,35,39). The van der Waals surface area contributed by atoms with Gasteiger partial charge in [-0.1, -0.05) is 42.5 Å². The van der Waals surface area contributed by atoms with E-state index in [0.29, 0.717) is 16.7 Å². The van der Waals surface area contributed by atoms with Crippen LogP contribution in [0.25, 0.3) is 6.08 Å². The fraction of sp³-hybridized carbons (Fsp3) is 0.0625. The highest BCUT2D eigenvalue weighted by molar-refractivity contribution is 6.05. The monoisotopic (exact) mass is 577 g/mol. The minimum Gasteiger partial charge on any atom is -0.423 e. The lowest BCUT2D eigenvalue weighted by Gasteiger charge is -2.12. The van der Waals surface area contributed by atoms with E-state index in [9.17, 15) is 24.5 Å². The largest absolute Gasteiger partial charge is 0.423 e. The second-order valence-corrected chi connectivity index (χ2v) is 9.33. The van der Waals surface area contributed by atoms with E-state index >= 15 is 0 Å². The van der Waals surface area contributed by atoms with Gasteiger partial charge in [0.05, 0.1) is 16.7 Å². The van der Waals surface area contributed by atoms with Gasteiger partial charge in [-0.2, -0.15) is 5.10 Å². The quantitative estimate of drug-likeness (QED) is 0.0688. The van der Waals surface area contributed by atoms with Crippen LogP contribution in [0.4, 0.5) is 11.4 Å². The van der Waals surface area contributed by atoms with Crippen molar-refractivity contribution < 1.29 is 24.0 Å². The summed E-state index contributed by atoms with van der Waals surface area (Å²) in [6.45, 7) is 0. The lowest BCUT2D eigenvalue weighted by atomic mass is 10.1. The Hall–Kier alpha value is -6.10. The lowest BCUT2D eigenvalue weighted by Crippen LogP contribution is -2.32. The summed E-state index contributed by atoms with van der Waals surface area (Å²) in [5, 5.41) is 17.5. The average molecular weight is 578 g/mol. The number of non-ortho nitro benzene ring substituents is 1. The third-order valence-corrected chi connectivity index (χ3v) is 6.01. The highest BCUT2D eigenvalue weighted by Gasteiger charge is 2.15. The summed E-state index contributed by atoms with van der Waals surface area (Å²) in [4.78, 5) is 50.6. The number of rotatable bonds is 10. The topological polar surface area (TPSA) is 143 Å². The van der Waals surface area contributed by atoms with Crippen LogP contribution in [0.5, 0.6) is 5.75 Å². The Kier molecular flexibility index (Phi) is 9.72. The first-order valence-corrected chi connectivity index (χ1v) is 13.0. The molecule has 2 N–H and O–H groups in total. The molecule has 0 fully saturated rings. The van der Waals surface area contributed by atoms with Crippen LogP contribution in [-0.4, -0.2) is 43.0 Å². The molecule has 4 rings (SSSR count). The van der Waals surface area contributed by atoms with E-state index < -0.39 is 22.7 Å². The van der Waals surface area contributed by atoms with Gasteiger partial charge in [-0.3, -0.25) is 19.7 Å². The van der Waals surface area contributed by atoms with Gasteiger partial charge < -0.3 is 15.0 Å². The average Bonchev–Trinajstić information content (AvgIpc) is 3.01. The van der Waals surface area contributed by atoms with Crippen molar-refractivity contribution in [2.45, 2.75) is 0 Å². The zero-order valence-corrected chi connectivity index (χ0v) is 23.3. The molecule has 4 aromatic rings. The fourth-order valence-corrected chi connectivity index (χ4v) is 3.75. The van der Waals surface area contributed by atoms with E-state index in [-0.39, 0.29) is 22.7 Å². The predicted molar refractivity (Wildman–Crippen MR) is 163 cm³/mol. The number of carbonyl (C=O) groups excluding carboxylic acids is 3. The van der Waals surface area contributed by atoms with Crippen LogP contribution in [0, 0.1) is 10.1 Å². The maximum Gasteiger partial charge on any atom is 0.343 e. The summed E-state index contributed by atoms with van der Waals surface area (Å²) in [6, 6.07) is 27.4. The molecule has 11 heteroatoms. The second kappa shape index (κ2) is 14.0. The van der Waals surface area contributed by atoms with Gasteiger partial charge in [-0.05, 0) is 65.7 Å². The Balaban J connectivity index is 1.46. The van der Waals surface area contributed by atoms with Crippen molar-refractivity contribution in [2.24, 2.45) is 5.10 Å². The Morgan fingerprint density at radius 1 is 0.837 bits per heavy atom. The number of nitrogens with one attached hydrogen (secondary N) is 2. The van der Waals surface area contributed by atoms with Crippen LogP contribution in [0.2, 0.25) is 0 Å². The lowest BCUT2D eigenvalue weighted by molar-refractivity contribution is -0.384. The SMILES string of the molecule is CN(C)c1ccc(C=C(NC(=O)c2ccccc2)C(=O)NN=Cc2cccc(OC(=O)c3ccc([N+](=O)[O-])cc3)c2)cc1. The molecule has 2 amide bonds. The Labute approximate surface area is 247 Å². The zero-order valence-electron chi connectivity index (χ0n) is 23.3. The maximum absolute atomic E-state index is 13.1. The normalized spacial score (nSPS) is 11.1. The molecule has 0 aliphatic carbocycles. The number of carbonyl (C=O) groups is 3. The molecule has 0 aliphatic rings. The zero-order chi connectivity index (χ0) is 30.8. The number of nitro benzene ring substituents is 1. The molecule has 0 bridgehead atoms. The molecule has 0 spiro atoms. The van der Waals surface area contributed by atoms with Gasteiger partial charge in [0.1, 0.15) is 11.4 Å². The third kappa shape index (κ3) is 8.44. The molecule has 11 nitrogen and oxygen atoms in total. The van der Waals surface area contributed by atoms with Crippen LogP contribution in [-0.2, 0) is 4.79 Å². The molecule has 43 heavy (non-hydrogen) atoms. The van der Waals surface area contributed by atoms with Crippen LogP contribution in [0.1, 0.15) is 31.8 Å². The molecule has 216 valence electrons. The van der Waals surface area contributed by atoms with Crippen LogP contribution >= 0.6 is 0 Å². The van der Waals surface area contributed by atoms with E-state index in [0.717, 1.165) is 5.69 Å². The van der Waals surface area contributed by atoms with E-state index in [1.54, 1.807) is 54.6 Å². The third-order valence-electron chi connectivity index (χ3n) is 6.01. The van der Waals surface area contributed by atoms with Gasteiger partial charge in [0, 0.05) is 37.5 Å². The van der Waals surface area contributed by atoms with Gasteiger partial charge in [0.25, 0.3) is 17.5 Å². The van der Waals surface area contributed by atoms with Gasteiger partial charge >= 0.3 is 5.97 Å². The number of hydrogen-bond donors (Lipinski definition) is 2. The van der Waals surface area contributed by atoms with Crippen molar-refractivity contribution in [3.8, 4) is 5.75 Å². The minimum absolute atomic E-state index is 0.0191. The molecule has 0 atom stereocenters. The Morgan fingerprint density at radius 3 is 2.19 bits per heavy atom. The molecular formula is C32H27N5O6. The van der Waals surface area contributed by atoms with Crippen molar-refractivity contribution in [3.05, 3.63) is 141 Å². The fourth-order valence-electron chi connectivity index (χ4n) is 3.75. The summed E-state index contributed by atoms with van der Waals surface area (Å²) in [6.07, 6.45) is 2.90.